The fraction of sp³-hybridized carbons (Fsp3) is 0.243. The average molecular weight is 663 g/mol. The fourth-order valence-electron chi connectivity index (χ4n) is 6.71. The minimum Gasteiger partial charge on any atom is -0.372 e. The van der Waals surface area contributed by atoms with Gasteiger partial charge in [-0.3, -0.25) is 23.7 Å². The molecule has 1 saturated heterocycles. The zero-order valence-corrected chi connectivity index (χ0v) is 27.9. The highest BCUT2D eigenvalue weighted by atomic mass is 32.2. The lowest BCUT2D eigenvalue weighted by molar-refractivity contribution is -0.122. The van der Waals surface area contributed by atoms with Crippen molar-refractivity contribution in [1.82, 2.24) is 4.57 Å². The van der Waals surface area contributed by atoms with Crippen molar-refractivity contribution in [2.75, 3.05) is 28.2 Å². The summed E-state index contributed by atoms with van der Waals surface area (Å²) in [6, 6.07) is 28.9. The van der Waals surface area contributed by atoms with Gasteiger partial charge in [-0.15, -0.1) is 0 Å². The van der Waals surface area contributed by atoms with E-state index < -0.39 is 17.1 Å². The number of anilines is 3. The minimum atomic E-state index is -0.745. The summed E-state index contributed by atoms with van der Waals surface area (Å²) in [5.41, 5.74) is 4.14. The molecule has 1 N–H and O–H groups in total. The number of benzene rings is 4. The minimum absolute atomic E-state index is 0.213. The number of thioether (sulfide) groups is 1. The van der Waals surface area contributed by atoms with Gasteiger partial charge in [-0.1, -0.05) is 89.3 Å². The molecular formula is C37H34N4O4S2. The third kappa shape index (κ3) is 5.45. The van der Waals surface area contributed by atoms with Crippen LogP contribution in [-0.4, -0.2) is 40.6 Å². The number of carbonyl (C=O) groups is 3. The van der Waals surface area contributed by atoms with Crippen LogP contribution in [0.1, 0.15) is 35.8 Å². The van der Waals surface area contributed by atoms with Crippen LogP contribution >= 0.6 is 23.1 Å². The van der Waals surface area contributed by atoms with E-state index >= 15 is 0 Å². The van der Waals surface area contributed by atoms with E-state index in [1.165, 1.54) is 21.2 Å². The van der Waals surface area contributed by atoms with Gasteiger partial charge in [0.25, 0.3) is 0 Å². The maximum Gasteiger partial charge on any atom is 0.308 e. The monoisotopic (exact) mass is 662 g/mol. The van der Waals surface area contributed by atoms with Gasteiger partial charge < -0.3 is 10.2 Å². The van der Waals surface area contributed by atoms with Crippen molar-refractivity contribution in [3.8, 4) is 0 Å². The van der Waals surface area contributed by atoms with Crippen LogP contribution in [0.4, 0.5) is 17.1 Å². The predicted octanol–water partition coefficient (Wildman–Crippen LogP) is 6.65. The first-order valence-electron chi connectivity index (χ1n) is 15.8. The summed E-state index contributed by atoms with van der Waals surface area (Å²) in [6.07, 6.45) is 0. The first-order chi connectivity index (χ1) is 22.8. The van der Waals surface area contributed by atoms with Gasteiger partial charge in [0.1, 0.15) is 11.8 Å². The second kappa shape index (κ2) is 12.5. The molecule has 2 aliphatic rings. The van der Waals surface area contributed by atoms with Crippen molar-refractivity contribution < 1.29 is 14.4 Å². The molecule has 5 aromatic rings. The molecular weight excluding hydrogens is 629 g/mol. The molecule has 0 spiro atoms. The van der Waals surface area contributed by atoms with E-state index in [-0.39, 0.29) is 29.1 Å². The molecule has 1 fully saturated rings. The topological polar surface area (TPSA) is 91.7 Å². The molecule has 4 aromatic carbocycles. The number of fused-ring (bicyclic) bond motifs is 3. The van der Waals surface area contributed by atoms with E-state index in [4.69, 9.17) is 0 Å². The Bertz CT molecular complexity index is 2060. The number of aryl methyl sites for hydroxylation is 1. The number of imide groups is 1. The number of nitrogens with zero attached hydrogens (tertiary/aromatic N) is 3. The van der Waals surface area contributed by atoms with Gasteiger partial charge in [0.05, 0.1) is 16.6 Å². The molecule has 3 atom stereocenters. The molecule has 3 heterocycles. The number of rotatable bonds is 8. The largest absolute Gasteiger partial charge is 0.372 e. The van der Waals surface area contributed by atoms with Crippen LogP contribution in [0.5, 0.6) is 0 Å². The molecule has 1 aromatic heterocycles. The van der Waals surface area contributed by atoms with Crippen molar-refractivity contribution in [3.63, 3.8) is 0 Å². The van der Waals surface area contributed by atoms with Crippen LogP contribution < -0.4 is 20.0 Å². The van der Waals surface area contributed by atoms with Crippen LogP contribution in [0.2, 0.25) is 0 Å². The van der Waals surface area contributed by atoms with Crippen LogP contribution in [-0.2, 0) is 20.9 Å². The van der Waals surface area contributed by atoms with Gasteiger partial charge in [0.2, 0.25) is 17.7 Å². The molecule has 10 heteroatoms. The Morgan fingerprint density at radius 3 is 2.28 bits per heavy atom. The first-order valence-corrected chi connectivity index (χ1v) is 17.5. The van der Waals surface area contributed by atoms with Gasteiger partial charge >= 0.3 is 4.87 Å². The van der Waals surface area contributed by atoms with E-state index in [9.17, 15) is 19.2 Å². The summed E-state index contributed by atoms with van der Waals surface area (Å²) in [5.74, 6) is -2.15. The SMILES string of the molecule is CCN(CC)c1ccc(C2c3sc(=O)n(CC(=O)Nc4cccc5ccccc45)c3SC3C(=O)N(c4ccc(C)cc4)C(=O)C32)cc1. The standard InChI is InChI=1S/C37H34N4O4S2/c1-4-39(5-2)25-19-15-24(16-20-25)30-31-32(35(44)41(34(31)43)26-17-13-22(3)14-18-26)46-36-33(30)47-37(45)40(36)21-29(42)38-28-12-8-10-23-9-6-7-11-27(23)28/h6-20,30-32H,4-5,21H2,1-3H3,(H,38,42). The van der Waals surface area contributed by atoms with Gasteiger partial charge in [0.15, 0.2) is 0 Å². The highest BCUT2D eigenvalue weighted by molar-refractivity contribution is 8.00. The number of aromatic nitrogens is 1. The van der Waals surface area contributed by atoms with Crippen molar-refractivity contribution in [2.45, 2.75) is 43.5 Å². The van der Waals surface area contributed by atoms with E-state index in [2.05, 4.69) is 24.1 Å². The van der Waals surface area contributed by atoms with Gasteiger partial charge in [-0.25, -0.2) is 4.90 Å². The Kier molecular flexibility index (Phi) is 8.23. The predicted molar refractivity (Wildman–Crippen MR) is 190 cm³/mol. The molecule has 2 aliphatic heterocycles. The summed E-state index contributed by atoms with van der Waals surface area (Å²) in [6.45, 7) is 7.66. The lowest BCUT2D eigenvalue weighted by atomic mass is 9.83. The second-order valence-corrected chi connectivity index (χ2v) is 14.0. The maximum atomic E-state index is 14.2. The van der Waals surface area contributed by atoms with Crippen molar-refractivity contribution in [2.24, 2.45) is 5.92 Å². The molecule has 8 nitrogen and oxygen atoms in total. The summed E-state index contributed by atoms with van der Waals surface area (Å²) in [4.78, 5) is 59.3. The fourth-order valence-corrected chi connectivity index (χ4v) is 9.48. The molecule has 0 saturated carbocycles. The summed E-state index contributed by atoms with van der Waals surface area (Å²) >= 11 is 2.28. The van der Waals surface area contributed by atoms with Crippen molar-refractivity contribution in [1.29, 1.82) is 0 Å². The maximum absolute atomic E-state index is 14.2. The van der Waals surface area contributed by atoms with Gasteiger partial charge in [-0.2, -0.15) is 0 Å². The van der Waals surface area contributed by atoms with Crippen LogP contribution in [0, 0.1) is 12.8 Å². The zero-order chi connectivity index (χ0) is 32.8. The quantitative estimate of drug-likeness (QED) is 0.187. The van der Waals surface area contributed by atoms with E-state index in [1.807, 2.05) is 85.8 Å². The Labute approximate surface area is 281 Å². The molecule has 7 rings (SSSR count). The van der Waals surface area contributed by atoms with E-state index in [1.54, 1.807) is 12.1 Å². The van der Waals surface area contributed by atoms with Gasteiger partial charge in [-0.05, 0) is 62.1 Å². The van der Waals surface area contributed by atoms with Crippen LogP contribution in [0.3, 0.4) is 0 Å². The second-order valence-electron chi connectivity index (χ2n) is 11.9. The Morgan fingerprint density at radius 2 is 1.55 bits per heavy atom. The Hall–Kier alpha value is -4.67. The third-order valence-electron chi connectivity index (χ3n) is 9.09. The van der Waals surface area contributed by atoms with E-state index in [0.717, 1.165) is 52.0 Å². The van der Waals surface area contributed by atoms with Crippen LogP contribution in [0.15, 0.2) is 101 Å². The van der Waals surface area contributed by atoms with E-state index in [0.29, 0.717) is 21.3 Å². The zero-order valence-electron chi connectivity index (χ0n) is 26.3. The molecule has 0 bridgehead atoms. The molecule has 3 amide bonds. The molecule has 0 aliphatic carbocycles. The number of amides is 3. The number of hydrogen-bond donors (Lipinski definition) is 1. The summed E-state index contributed by atoms with van der Waals surface area (Å²) < 4.78 is 1.46. The first kappa shape index (κ1) is 31.0. The summed E-state index contributed by atoms with van der Waals surface area (Å²) in [7, 11) is 0. The molecule has 47 heavy (non-hydrogen) atoms. The molecule has 0 radical (unpaired) electrons. The van der Waals surface area contributed by atoms with Gasteiger partial charge in [0, 0.05) is 40.6 Å². The lowest BCUT2D eigenvalue weighted by Gasteiger charge is -2.31. The normalized spacial score (nSPS) is 18.7. The van der Waals surface area contributed by atoms with Crippen LogP contribution in [0.25, 0.3) is 10.8 Å². The molecule has 3 unspecified atom stereocenters. The number of hydrogen-bond acceptors (Lipinski definition) is 7. The molecule has 238 valence electrons. The number of thiazole rings is 1. The highest BCUT2D eigenvalue weighted by Crippen LogP contribution is 2.54. The Morgan fingerprint density at radius 1 is 0.851 bits per heavy atom. The number of nitrogens with one attached hydrogen (secondary N) is 1. The summed E-state index contributed by atoms with van der Waals surface area (Å²) in [5, 5.41) is 4.71. The highest BCUT2D eigenvalue weighted by Gasteiger charge is 2.56. The van der Waals surface area contributed by atoms with Crippen molar-refractivity contribution in [3.05, 3.63) is 117 Å². The average Bonchev–Trinajstić information content (AvgIpc) is 3.52. The smallest absolute Gasteiger partial charge is 0.308 e. The van der Waals surface area contributed by atoms with Crippen molar-refractivity contribution >= 4 is 68.7 Å². The third-order valence-corrected chi connectivity index (χ3v) is 11.7. The lowest BCUT2D eigenvalue weighted by Crippen LogP contribution is -2.33. The Balaban J connectivity index is 1.28. The number of carbonyl (C=O) groups excluding carboxylic acids is 3.